The van der Waals surface area contributed by atoms with Crippen molar-refractivity contribution in [3.8, 4) is 0 Å². The molecular weight excluding hydrogens is 352 g/mol. The first-order valence-corrected chi connectivity index (χ1v) is 9.73. The van der Waals surface area contributed by atoms with Gasteiger partial charge in [0, 0.05) is 24.1 Å². The average Bonchev–Trinajstić information content (AvgIpc) is 3.27. The number of rotatable bonds is 4. The standard InChI is InChI=1S/C22H22N4O2/c1-13-6-8-14(9-7-13)26-11-10-19(22(26)28)25-21(27)16-12-15(16)20-23-17-4-2-3-5-18(17)24-20/h2-9,15-16,19H,10-12H2,1H3,(H,23,24)(H,25,27)/t15-,16-,19?/m0/s1. The number of carbonyl (C=O) groups is 2. The number of aryl methyl sites for hydroxylation is 1. The van der Waals surface area contributed by atoms with E-state index in [9.17, 15) is 9.59 Å². The molecule has 28 heavy (non-hydrogen) atoms. The fourth-order valence-corrected chi connectivity index (χ4v) is 4.01. The number of H-pyrrole nitrogens is 1. The zero-order valence-electron chi connectivity index (χ0n) is 15.7. The molecular formula is C22H22N4O2. The van der Waals surface area contributed by atoms with Crippen molar-refractivity contribution in [2.24, 2.45) is 5.92 Å². The maximum Gasteiger partial charge on any atom is 0.249 e. The number of aromatic amines is 1. The average molecular weight is 374 g/mol. The summed E-state index contributed by atoms with van der Waals surface area (Å²) in [5.41, 5.74) is 3.95. The van der Waals surface area contributed by atoms with Gasteiger partial charge >= 0.3 is 0 Å². The quantitative estimate of drug-likeness (QED) is 0.737. The Kier molecular flexibility index (Phi) is 3.93. The molecule has 1 aromatic heterocycles. The second-order valence-corrected chi connectivity index (χ2v) is 7.76. The van der Waals surface area contributed by atoms with Gasteiger partial charge in [0.2, 0.25) is 11.8 Å². The smallest absolute Gasteiger partial charge is 0.249 e. The van der Waals surface area contributed by atoms with Crippen molar-refractivity contribution in [3.05, 3.63) is 59.9 Å². The van der Waals surface area contributed by atoms with Crippen molar-refractivity contribution in [2.45, 2.75) is 31.7 Å². The third kappa shape index (κ3) is 2.95. The number of imidazole rings is 1. The Morgan fingerprint density at radius 1 is 1.18 bits per heavy atom. The van der Waals surface area contributed by atoms with Crippen molar-refractivity contribution >= 4 is 28.5 Å². The molecule has 3 atom stereocenters. The van der Waals surface area contributed by atoms with E-state index >= 15 is 0 Å². The minimum atomic E-state index is -0.439. The topological polar surface area (TPSA) is 78.1 Å². The highest BCUT2D eigenvalue weighted by atomic mass is 16.2. The molecule has 2 N–H and O–H groups in total. The first kappa shape index (κ1) is 17.0. The van der Waals surface area contributed by atoms with Crippen molar-refractivity contribution in [2.75, 3.05) is 11.4 Å². The van der Waals surface area contributed by atoms with Crippen LogP contribution >= 0.6 is 0 Å². The molecule has 1 saturated carbocycles. The monoisotopic (exact) mass is 374 g/mol. The first-order valence-electron chi connectivity index (χ1n) is 9.73. The third-order valence-corrected chi connectivity index (χ3v) is 5.75. The van der Waals surface area contributed by atoms with Crippen molar-refractivity contribution in [1.29, 1.82) is 0 Å². The van der Waals surface area contributed by atoms with E-state index < -0.39 is 6.04 Å². The molecule has 6 heteroatoms. The van der Waals surface area contributed by atoms with E-state index in [1.165, 1.54) is 0 Å². The summed E-state index contributed by atoms with van der Waals surface area (Å²) in [6.45, 7) is 2.65. The van der Waals surface area contributed by atoms with Crippen LogP contribution in [0.1, 0.15) is 30.1 Å². The molecule has 1 saturated heterocycles. The van der Waals surface area contributed by atoms with Gasteiger partial charge in [-0.25, -0.2) is 4.98 Å². The Labute approximate surface area is 163 Å². The summed E-state index contributed by atoms with van der Waals surface area (Å²) < 4.78 is 0. The van der Waals surface area contributed by atoms with Crippen LogP contribution in [0.15, 0.2) is 48.5 Å². The van der Waals surface area contributed by atoms with E-state index in [0.717, 1.165) is 34.5 Å². The molecule has 2 aromatic carbocycles. The van der Waals surface area contributed by atoms with Gasteiger partial charge in [0.1, 0.15) is 11.9 Å². The molecule has 2 amide bonds. The van der Waals surface area contributed by atoms with Gasteiger partial charge in [-0.1, -0.05) is 29.8 Å². The highest BCUT2D eigenvalue weighted by Gasteiger charge is 2.47. The van der Waals surface area contributed by atoms with Crippen LogP contribution in [0.5, 0.6) is 0 Å². The Hall–Kier alpha value is -3.15. The normalized spacial score (nSPS) is 24.0. The molecule has 3 aromatic rings. The minimum Gasteiger partial charge on any atom is -0.344 e. The van der Waals surface area contributed by atoms with Gasteiger partial charge in [-0.3, -0.25) is 9.59 Å². The number of carbonyl (C=O) groups excluding carboxylic acids is 2. The molecule has 0 bridgehead atoms. The van der Waals surface area contributed by atoms with E-state index in [-0.39, 0.29) is 23.7 Å². The maximum absolute atomic E-state index is 12.7. The predicted octanol–water partition coefficient (Wildman–Crippen LogP) is 2.90. The fraction of sp³-hybridized carbons (Fsp3) is 0.318. The lowest BCUT2D eigenvalue weighted by atomic mass is 10.2. The highest BCUT2D eigenvalue weighted by molar-refractivity contribution is 6.01. The molecule has 0 radical (unpaired) electrons. The van der Waals surface area contributed by atoms with Crippen molar-refractivity contribution in [3.63, 3.8) is 0 Å². The summed E-state index contributed by atoms with van der Waals surface area (Å²) in [5, 5.41) is 2.96. The molecule has 5 rings (SSSR count). The molecule has 2 aliphatic rings. The number of para-hydroxylation sites is 2. The van der Waals surface area contributed by atoms with Crippen molar-refractivity contribution < 1.29 is 9.59 Å². The predicted molar refractivity (Wildman–Crippen MR) is 107 cm³/mol. The van der Waals surface area contributed by atoms with Gasteiger partial charge in [-0.05, 0) is 44.0 Å². The molecule has 142 valence electrons. The van der Waals surface area contributed by atoms with Gasteiger partial charge < -0.3 is 15.2 Å². The highest BCUT2D eigenvalue weighted by Crippen LogP contribution is 2.46. The summed E-state index contributed by atoms with van der Waals surface area (Å²) in [4.78, 5) is 35.1. The third-order valence-electron chi connectivity index (χ3n) is 5.75. The van der Waals surface area contributed by atoms with Gasteiger partial charge in [-0.15, -0.1) is 0 Å². The number of benzene rings is 2. The molecule has 1 aliphatic carbocycles. The minimum absolute atomic E-state index is 0.0295. The Balaban J connectivity index is 1.23. The molecule has 0 spiro atoms. The number of anilines is 1. The van der Waals surface area contributed by atoms with E-state index in [1.54, 1.807) is 4.90 Å². The second kappa shape index (κ2) is 6.48. The van der Waals surface area contributed by atoms with E-state index in [4.69, 9.17) is 0 Å². The summed E-state index contributed by atoms with van der Waals surface area (Å²) in [6.07, 6.45) is 1.41. The van der Waals surface area contributed by atoms with Gasteiger partial charge in [0.05, 0.1) is 11.0 Å². The summed E-state index contributed by atoms with van der Waals surface area (Å²) >= 11 is 0. The van der Waals surface area contributed by atoms with Crippen LogP contribution in [0.3, 0.4) is 0 Å². The van der Waals surface area contributed by atoms with Crippen LogP contribution in [-0.4, -0.2) is 34.4 Å². The summed E-state index contributed by atoms with van der Waals surface area (Å²) in [6, 6.07) is 15.3. The molecule has 1 aliphatic heterocycles. The zero-order valence-corrected chi connectivity index (χ0v) is 15.7. The Morgan fingerprint density at radius 2 is 1.96 bits per heavy atom. The van der Waals surface area contributed by atoms with Gasteiger partial charge in [0.15, 0.2) is 0 Å². The number of aromatic nitrogens is 2. The SMILES string of the molecule is Cc1ccc(N2CCC(NC(=O)[C@H]3C[C@@H]3c3nc4ccccc4[nH]3)C2=O)cc1. The number of fused-ring (bicyclic) bond motifs is 1. The van der Waals surface area contributed by atoms with Crippen molar-refractivity contribution in [1.82, 2.24) is 15.3 Å². The number of amides is 2. The lowest BCUT2D eigenvalue weighted by Crippen LogP contribution is -2.42. The summed E-state index contributed by atoms with van der Waals surface area (Å²) in [5.74, 6) is 0.784. The van der Waals surface area contributed by atoms with E-state index in [1.807, 2.05) is 55.5 Å². The van der Waals surface area contributed by atoms with Crippen LogP contribution in [0.2, 0.25) is 0 Å². The Morgan fingerprint density at radius 3 is 2.75 bits per heavy atom. The van der Waals surface area contributed by atoms with Gasteiger partial charge in [0.25, 0.3) is 0 Å². The second-order valence-electron chi connectivity index (χ2n) is 7.76. The lowest BCUT2D eigenvalue weighted by Gasteiger charge is -2.17. The van der Waals surface area contributed by atoms with Crippen LogP contribution in [0.25, 0.3) is 11.0 Å². The van der Waals surface area contributed by atoms with Crippen LogP contribution in [0, 0.1) is 12.8 Å². The van der Waals surface area contributed by atoms with E-state index in [2.05, 4.69) is 15.3 Å². The zero-order chi connectivity index (χ0) is 19.3. The molecule has 2 heterocycles. The number of hydrogen-bond donors (Lipinski definition) is 2. The molecule has 6 nitrogen and oxygen atoms in total. The van der Waals surface area contributed by atoms with Crippen LogP contribution < -0.4 is 10.2 Å². The van der Waals surface area contributed by atoms with Crippen LogP contribution in [0.4, 0.5) is 5.69 Å². The lowest BCUT2D eigenvalue weighted by molar-refractivity contribution is -0.127. The summed E-state index contributed by atoms with van der Waals surface area (Å²) in [7, 11) is 0. The number of nitrogens with one attached hydrogen (secondary N) is 2. The molecule has 2 fully saturated rings. The van der Waals surface area contributed by atoms with Gasteiger partial charge in [-0.2, -0.15) is 0 Å². The Bertz CT molecular complexity index is 1020. The largest absolute Gasteiger partial charge is 0.344 e. The van der Waals surface area contributed by atoms with E-state index in [0.29, 0.717) is 13.0 Å². The molecule has 1 unspecified atom stereocenters. The fourth-order valence-electron chi connectivity index (χ4n) is 4.01. The number of nitrogens with zero attached hydrogens (tertiary/aromatic N) is 2. The first-order chi connectivity index (χ1) is 13.6. The van der Waals surface area contributed by atoms with Crippen LogP contribution in [-0.2, 0) is 9.59 Å². The maximum atomic E-state index is 12.7. The number of hydrogen-bond acceptors (Lipinski definition) is 3.